The van der Waals surface area contributed by atoms with Crippen LogP contribution in [0.15, 0.2) is 47.4 Å². The van der Waals surface area contributed by atoms with Crippen LogP contribution in [0.2, 0.25) is 10.0 Å². The number of carbonyl (C=O) groups excluding carboxylic acids is 1. The van der Waals surface area contributed by atoms with Crippen LogP contribution in [0, 0.1) is 13.8 Å². The monoisotopic (exact) mass is 478 g/mol. The Balaban J connectivity index is 0.00000225. The van der Waals surface area contributed by atoms with Crippen LogP contribution < -0.4 is 55.6 Å². The van der Waals surface area contributed by atoms with Crippen LogP contribution in [0.1, 0.15) is 28.6 Å². The summed E-state index contributed by atoms with van der Waals surface area (Å²) in [5.41, 5.74) is 1.40. The molecule has 1 heterocycles. The summed E-state index contributed by atoms with van der Waals surface area (Å²) in [6.07, 6.45) is 0. The number of benzene rings is 2. The molecule has 10 heteroatoms. The van der Waals surface area contributed by atoms with Gasteiger partial charge in [0.2, 0.25) is 11.7 Å². The number of nitrogens with zero attached hydrogens (tertiary/aromatic N) is 2. The minimum atomic E-state index is -4.16. The molecule has 0 N–H and O–H groups in total. The summed E-state index contributed by atoms with van der Waals surface area (Å²) >= 11 is 12.0. The Labute approximate surface area is 223 Å². The van der Waals surface area contributed by atoms with Gasteiger partial charge in [-0.25, -0.2) is 4.68 Å². The zero-order valence-corrected chi connectivity index (χ0v) is 21.7. The van der Waals surface area contributed by atoms with Crippen molar-refractivity contribution in [3.05, 3.63) is 74.9 Å². The largest absolute Gasteiger partial charge is 1.00 e. The van der Waals surface area contributed by atoms with Crippen LogP contribution in [0.25, 0.3) is 0 Å². The zero-order valence-electron chi connectivity index (χ0n) is 17.2. The van der Waals surface area contributed by atoms with Gasteiger partial charge in [0.1, 0.15) is 10.5 Å². The van der Waals surface area contributed by atoms with E-state index in [0.29, 0.717) is 10.7 Å². The second kappa shape index (κ2) is 9.61. The van der Waals surface area contributed by atoms with Crippen LogP contribution in [-0.4, -0.2) is 24.0 Å². The van der Waals surface area contributed by atoms with Gasteiger partial charge in [0.15, 0.2) is 0 Å². The third-order valence-electron chi connectivity index (χ3n) is 4.07. The van der Waals surface area contributed by atoms with E-state index in [1.54, 1.807) is 19.1 Å². The van der Waals surface area contributed by atoms with Crippen LogP contribution in [-0.2, 0) is 17.2 Å². The summed E-state index contributed by atoms with van der Waals surface area (Å²) in [7, 11) is -2.67. The Bertz CT molecular complexity index is 1180. The Morgan fingerprint density at radius 2 is 1.72 bits per heavy atom. The van der Waals surface area contributed by atoms with Gasteiger partial charge in [0.05, 0.1) is 10.7 Å². The van der Waals surface area contributed by atoms with E-state index < -0.39 is 15.9 Å². The van der Waals surface area contributed by atoms with E-state index in [1.807, 2.05) is 6.92 Å². The second-order valence-corrected chi connectivity index (χ2v) is 8.58. The van der Waals surface area contributed by atoms with E-state index in [9.17, 15) is 13.2 Å². The van der Waals surface area contributed by atoms with Crippen LogP contribution >= 0.6 is 23.2 Å². The number of halogens is 2. The first-order chi connectivity index (χ1) is 13.1. The Hall–Kier alpha value is -0.714. The van der Waals surface area contributed by atoms with Crippen molar-refractivity contribution in [1.29, 1.82) is 0 Å². The third kappa shape index (κ3) is 5.32. The van der Waals surface area contributed by atoms with Gasteiger partial charge in [0, 0.05) is 17.6 Å². The molecule has 0 saturated carbocycles. The van der Waals surface area contributed by atoms with Crippen molar-refractivity contribution in [3.63, 3.8) is 0 Å². The maximum absolute atomic E-state index is 13.0. The number of carbonyl (C=O) groups is 1. The van der Waals surface area contributed by atoms with Gasteiger partial charge in [-0.2, -0.15) is 13.5 Å². The third-order valence-corrected chi connectivity index (χ3v) is 5.85. The average molecular weight is 479 g/mol. The number of ketones is 1. The molecule has 6 nitrogen and oxygen atoms in total. The standard InChI is InChI=1S/C19H16Cl2N2O4S.K.H/c1-11-4-7-14(8-5-11)28(25,26)27-19-17(12(2)22-23(19)3)18(24)15-9-6-13(20)10-16(15)21;;/h4-10H,1-3H3;;/q;+1;-1. The van der Waals surface area contributed by atoms with E-state index in [0.717, 1.165) is 5.56 Å². The van der Waals surface area contributed by atoms with Gasteiger partial charge in [-0.1, -0.05) is 40.9 Å². The van der Waals surface area contributed by atoms with Gasteiger partial charge in [-0.3, -0.25) is 4.79 Å². The fourth-order valence-electron chi connectivity index (χ4n) is 2.66. The molecule has 1 aromatic heterocycles. The average Bonchev–Trinajstić information content (AvgIpc) is 2.87. The van der Waals surface area contributed by atoms with Crippen molar-refractivity contribution < 1.29 is 70.2 Å². The van der Waals surface area contributed by atoms with Crippen molar-refractivity contribution in [2.24, 2.45) is 7.05 Å². The molecule has 0 aliphatic rings. The fraction of sp³-hybridized carbons (Fsp3) is 0.158. The molecule has 0 aliphatic carbocycles. The molecule has 148 valence electrons. The van der Waals surface area contributed by atoms with Gasteiger partial charge in [0.25, 0.3) is 0 Å². The molecule has 0 atom stereocenters. The molecule has 0 saturated heterocycles. The molecule has 0 fully saturated rings. The number of aryl methyl sites for hydroxylation is 3. The number of rotatable bonds is 5. The van der Waals surface area contributed by atoms with Crippen molar-refractivity contribution in [1.82, 2.24) is 9.78 Å². The normalized spacial score (nSPS) is 11.1. The minimum Gasteiger partial charge on any atom is -1.00 e. The summed E-state index contributed by atoms with van der Waals surface area (Å²) in [6.45, 7) is 3.43. The Kier molecular flexibility index (Phi) is 8.14. The molecule has 29 heavy (non-hydrogen) atoms. The van der Waals surface area contributed by atoms with Crippen molar-refractivity contribution in [3.8, 4) is 5.88 Å². The first-order valence-corrected chi connectivity index (χ1v) is 10.3. The SMILES string of the molecule is Cc1ccc(S(=O)(=O)Oc2c(C(=O)c3ccc(Cl)cc3Cl)c(C)nn2C)cc1.[H-].[K+]. The molecular weight excluding hydrogens is 462 g/mol. The van der Waals surface area contributed by atoms with Crippen LogP contribution in [0.3, 0.4) is 0 Å². The van der Waals surface area contributed by atoms with E-state index in [-0.39, 0.29) is 79.7 Å². The summed E-state index contributed by atoms with van der Waals surface area (Å²) in [6, 6.07) is 10.6. The fourth-order valence-corrected chi connectivity index (χ4v) is 4.12. The van der Waals surface area contributed by atoms with Crippen molar-refractivity contribution >= 4 is 39.1 Å². The van der Waals surface area contributed by atoms with Crippen LogP contribution in [0.4, 0.5) is 0 Å². The minimum absolute atomic E-state index is 0. The molecule has 0 unspecified atom stereocenters. The van der Waals surface area contributed by atoms with E-state index in [4.69, 9.17) is 27.4 Å². The molecule has 3 aromatic rings. The smallest absolute Gasteiger partial charge is 1.00 e. The molecule has 0 spiro atoms. The number of hydrogen-bond acceptors (Lipinski definition) is 5. The van der Waals surface area contributed by atoms with Gasteiger partial charge in [-0.15, -0.1) is 0 Å². The quantitative estimate of drug-likeness (QED) is 0.315. The summed E-state index contributed by atoms with van der Waals surface area (Å²) in [5.74, 6) is -0.699. The second-order valence-electron chi connectivity index (χ2n) is 6.19. The Morgan fingerprint density at radius 1 is 1.10 bits per heavy atom. The maximum Gasteiger partial charge on any atom is 1.00 e. The van der Waals surface area contributed by atoms with E-state index in [2.05, 4.69) is 5.10 Å². The predicted molar refractivity (Wildman–Crippen MR) is 108 cm³/mol. The van der Waals surface area contributed by atoms with Gasteiger partial charge in [-0.05, 0) is 44.2 Å². The molecule has 2 aromatic carbocycles. The maximum atomic E-state index is 13.0. The molecular formula is C19H17Cl2KN2O4S. The molecule has 3 rings (SSSR count). The first kappa shape index (κ1) is 24.6. The predicted octanol–water partition coefficient (Wildman–Crippen LogP) is 1.46. The first-order valence-electron chi connectivity index (χ1n) is 8.14. The van der Waals surface area contributed by atoms with E-state index in [1.165, 1.54) is 42.1 Å². The summed E-state index contributed by atoms with van der Waals surface area (Å²) < 4.78 is 31.9. The Morgan fingerprint density at radius 3 is 2.31 bits per heavy atom. The number of aromatic nitrogens is 2. The topological polar surface area (TPSA) is 78.3 Å². The molecule has 0 aliphatic heterocycles. The molecule has 0 radical (unpaired) electrons. The zero-order chi connectivity index (χ0) is 20.6. The summed E-state index contributed by atoms with van der Waals surface area (Å²) in [5, 5.41) is 4.66. The van der Waals surface area contributed by atoms with Gasteiger partial charge < -0.3 is 5.61 Å². The van der Waals surface area contributed by atoms with Crippen LogP contribution in [0.5, 0.6) is 5.88 Å². The van der Waals surface area contributed by atoms with Crippen molar-refractivity contribution in [2.45, 2.75) is 18.7 Å². The molecule has 0 amide bonds. The van der Waals surface area contributed by atoms with Gasteiger partial charge >= 0.3 is 61.5 Å². The number of hydrogen-bond donors (Lipinski definition) is 0. The van der Waals surface area contributed by atoms with E-state index >= 15 is 0 Å². The van der Waals surface area contributed by atoms with Crippen molar-refractivity contribution in [2.75, 3.05) is 0 Å². The molecule has 0 bridgehead atoms. The summed E-state index contributed by atoms with van der Waals surface area (Å²) in [4.78, 5) is 13.0.